The number of nitrogens with zero attached hydrogens (tertiary/aromatic N) is 1. The van der Waals surface area contributed by atoms with Crippen molar-refractivity contribution < 1.29 is 9.90 Å². The molecule has 0 aliphatic heterocycles. The summed E-state index contributed by atoms with van der Waals surface area (Å²) >= 11 is 0. The number of carboxylic acids is 1. The molecule has 1 unspecified atom stereocenters. The molecule has 0 saturated carbocycles. The summed E-state index contributed by atoms with van der Waals surface area (Å²) in [6.07, 6.45) is 21.4. The molecule has 0 aliphatic rings. The van der Waals surface area contributed by atoms with Crippen LogP contribution in [0.4, 0.5) is 0 Å². The van der Waals surface area contributed by atoms with Gasteiger partial charge in [-0.3, -0.25) is 4.79 Å². The van der Waals surface area contributed by atoms with E-state index in [-0.39, 0.29) is 0 Å². The third-order valence-corrected chi connectivity index (χ3v) is 5.45. The fourth-order valence-corrected chi connectivity index (χ4v) is 3.68. The predicted octanol–water partition coefficient (Wildman–Crippen LogP) is 6.90. The van der Waals surface area contributed by atoms with Gasteiger partial charge in [-0.05, 0) is 39.4 Å². The molecule has 26 heavy (non-hydrogen) atoms. The van der Waals surface area contributed by atoms with Crippen molar-refractivity contribution in [3.8, 4) is 0 Å². The van der Waals surface area contributed by atoms with Crippen LogP contribution in [0.3, 0.4) is 0 Å². The second-order valence-corrected chi connectivity index (χ2v) is 8.42. The monoisotopic (exact) mass is 369 g/mol. The Morgan fingerprint density at radius 3 is 1.65 bits per heavy atom. The Balaban J connectivity index is 3.70. The fraction of sp³-hybridized carbons (Fsp3) is 0.957. The van der Waals surface area contributed by atoms with Gasteiger partial charge in [-0.15, -0.1) is 0 Å². The summed E-state index contributed by atoms with van der Waals surface area (Å²) in [7, 11) is 4.36. The number of hydrogen-bond acceptors (Lipinski definition) is 2. The second-order valence-electron chi connectivity index (χ2n) is 8.42. The molecule has 0 bridgehead atoms. The molecule has 0 amide bonds. The highest BCUT2D eigenvalue weighted by Crippen LogP contribution is 2.22. The third kappa shape index (κ3) is 19.8. The van der Waals surface area contributed by atoms with Gasteiger partial charge in [-0.25, -0.2) is 0 Å². The lowest BCUT2D eigenvalue weighted by Gasteiger charge is -2.19. The van der Waals surface area contributed by atoms with Crippen LogP contribution in [0, 0.1) is 5.92 Å². The molecule has 0 aromatic carbocycles. The van der Waals surface area contributed by atoms with Crippen molar-refractivity contribution in [3.05, 3.63) is 0 Å². The smallest absolute Gasteiger partial charge is 0.303 e. The van der Waals surface area contributed by atoms with Gasteiger partial charge in [0.15, 0.2) is 0 Å². The second kappa shape index (κ2) is 19.2. The highest BCUT2D eigenvalue weighted by atomic mass is 16.4. The number of carboxylic acid groups (broad SMARTS) is 1. The van der Waals surface area contributed by atoms with Crippen molar-refractivity contribution in [3.63, 3.8) is 0 Å². The first-order chi connectivity index (χ1) is 12.6. The van der Waals surface area contributed by atoms with Crippen LogP contribution in [0.15, 0.2) is 0 Å². The molecule has 0 saturated heterocycles. The molecule has 0 aliphatic carbocycles. The standard InChI is InChI=1S/C23H47NO2/c1-4-5-6-7-8-11-14-17-22(20-21-24(2)3)18-15-12-9-10-13-16-19-23(25)26/h22H,4-21H2,1-3H3,(H,25,26). The lowest BCUT2D eigenvalue weighted by atomic mass is 9.91. The number of hydrogen-bond donors (Lipinski definition) is 1. The first-order valence-electron chi connectivity index (χ1n) is 11.4. The van der Waals surface area contributed by atoms with Gasteiger partial charge in [0.25, 0.3) is 0 Å². The van der Waals surface area contributed by atoms with Gasteiger partial charge < -0.3 is 10.0 Å². The molecule has 3 heteroatoms. The van der Waals surface area contributed by atoms with E-state index in [1.807, 2.05) is 0 Å². The minimum Gasteiger partial charge on any atom is -0.481 e. The van der Waals surface area contributed by atoms with E-state index >= 15 is 0 Å². The van der Waals surface area contributed by atoms with Gasteiger partial charge in [-0.1, -0.05) is 96.8 Å². The van der Waals surface area contributed by atoms with Gasteiger partial charge in [0.1, 0.15) is 0 Å². The van der Waals surface area contributed by atoms with Crippen molar-refractivity contribution in [2.75, 3.05) is 20.6 Å². The van der Waals surface area contributed by atoms with E-state index in [4.69, 9.17) is 5.11 Å². The zero-order chi connectivity index (χ0) is 19.5. The maximum Gasteiger partial charge on any atom is 0.303 e. The van der Waals surface area contributed by atoms with Crippen LogP contribution in [0.25, 0.3) is 0 Å². The van der Waals surface area contributed by atoms with Crippen molar-refractivity contribution in [1.29, 1.82) is 0 Å². The highest BCUT2D eigenvalue weighted by Gasteiger charge is 2.09. The van der Waals surface area contributed by atoms with Gasteiger partial charge >= 0.3 is 5.97 Å². The first kappa shape index (κ1) is 25.4. The Kier molecular flexibility index (Phi) is 18.8. The van der Waals surface area contributed by atoms with E-state index in [0.717, 1.165) is 18.8 Å². The molecule has 0 heterocycles. The number of carbonyl (C=O) groups is 1. The maximum atomic E-state index is 10.5. The van der Waals surface area contributed by atoms with Gasteiger partial charge in [0, 0.05) is 6.42 Å². The summed E-state index contributed by atoms with van der Waals surface area (Å²) in [6, 6.07) is 0. The Morgan fingerprint density at radius 1 is 0.731 bits per heavy atom. The first-order valence-corrected chi connectivity index (χ1v) is 11.4. The lowest BCUT2D eigenvalue weighted by molar-refractivity contribution is -0.137. The predicted molar refractivity (Wildman–Crippen MR) is 114 cm³/mol. The van der Waals surface area contributed by atoms with E-state index in [2.05, 4.69) is 25.9 Å². The SMILES string of the molecule is CCCCCCCCCC(CCCCCCCCC(=O)O)CCN(C)C. The van der Waals surface area contributed by atoms with E-state index in [1.54, 1.807) is 0 Å². The molecule has 156 valence electrons. The van der Waals surface area contributed by atoms with E-state index in [9.17, 15) is 4.79 Å². The third-order valence-electron chi connectivity index (χ3n) is 5.45. The van der Waals surface area contributed by atoms with Crippen molar-refractivity contribution >= 4 is 5.97 Å². The van der Waals surface area contributed by atoms with Crippen LogP contribution in [-0.4, -0.2) is 36.6 Å². The minimum atomic E-state index is -0.654. The molecule has 0 aromatic heterocycles. The minimum absolute atomic E-state index is 0.338. The van der Waals surface area contributed by atoms with E-state index in [1.165, 1.54) is 96.4 Å². The van der Waals surface area contributed by atoms with Crippen LogP contribution in [0.5, 0.6) is 0 Å². The van der Waals surface area contributed by atoms with Crippen molar-refractivity contribution in [2.45, 2.75) is 116 Å². The number of unbranched alkanes of at least 4 members (excludes halogenated alkanes) is 11. The summed E-state index contributed by atoms with van der Waals surface area (Å²) in [4.78, 5) is 12.8. The topological polar surface area (TPSA) is 40.5 Å². The van der Waals surface area contributed by atoms with Crippen LogP contribution in [0.1, 0.15) is 116 Å². The van der Waals surface area contributed by atoms with Crippen LogP contribution < -0.4 is 0 Å². The Hall–Kier alpha value is -0.570. The quantitative estimate of drug-likeness (QED) is 0.237. The number of rotatable bonds is 20. The molecule has 0 radical (unpaired) electrons. The zero-order valence-corrected chi connectivity index (χ0v) is 18.1. The zero-order valence-electron chi connectivity index (χ0n) is 18.1. The normalized spacial score (nSPS) is 12.6. The summed E-state index contributed by atoms with van der Waals surface area (Å²) in [5.74, 6) is 0.249. The maximum absolute atomic E-state index is 10.5. The molecule has 0 aromatic rings. The van der Waals surface area contributed by atoms with Crippen molar-refractivity contribution in [1.82, 2.24) is 4.90 Å². The Bertz CT molecular complexity index is 305. The average molecular weight is 370 g/mol. The molecule has 0 spiro atoms. The summed E-state index contributed by atoms with van der Waals surface area (Å²) < 4.78 is 0. The Morgan fingerprint density at radius 2 is 1.19 bits per heavy atom. The Labute approximate surface area is 163 Å². The molecule has 1 atom stereocenters. The molecular weight excluding hydrogens is 322 g/mol. The number of aliphatic carboxylic acids is 1. The average Bonchev–Trinajstić information content (AvgIpc) is 2.59. The summed E-state index contributed by atoms with van der Waals surface area (Å²) in [5, 5.41) is 8.64. The van der Waals surface area contributed by atoms with E-state index in [0.29, 0.717) is 6.42 Å². The molecule has 0 fully saturated rings. The lowest BCUT2D eigenvalue weighted by Crippen LogP contribution is -2.17. The van der Waals surface area contributed by atoms with Crippen LogP contribution >= 0.6 is 0 Å². The molecule has 1 N–H and O–H groups in total. The molecule has 0 rings (SSSR count). The van der Waals surface area contributed by atoms with Gasteiger partial charge in [0.2, 0.25) is 0 Å². The van der Waals surface area contributed by atoms with Gasteiger partial charge in [-0.2, -0.15) is 0 Å². The highest BCUT2D eigenvalue weighted by molar-refractivity contribution is 5.66. The largest absolute Gasteiger partial charge is 0.481 e. The summed E-state index contributed by atoms with van der Waals surface area (Å²) in [5.41, 5.74) is 0. The molecular formula is C23H47NO2. The molecule has 3 nitrogen and oxygen atoms in total. The van der Waals surface area contributed by atoms with Crippen LogP contribution in [-0.2, 0) is 4.79 Å². The fourth-order valence-electron chi connectivity index (χ4n) is 3.68. The van der Waals surface area contributed by atoms with E-state index < -0.39 is 5.97 Å². The van der Waals surface area contributed by atoms with Gasteiger partial charge in [0.05, 0.1) is 0 Å². The summed E-state index contributed by atoms with van der Waals surface area (Å²) in [6.45, 7) is 3.50. The van der Waals surface area contributed by atoms with Crippen LogP contribution in [0.2, 0.25) is 0 Å². The van der Waals surface area contributed by atoms with Crippen molar-refractivity contribution in [2.24, 2.45) is 5.92 Å².